The number of rotatable bonds is 6. The molecule has 16 heavy (non-hydrogen) atoms. The van der Waals surface area contributed by atoms with E-state index < -0.39 is 5.24 Å². The summed E-state index contributed by atoms with van der Waals surface area (Å²) in [6.45, 7) is 0.822. The van der Waals surface area contributed by atoms with Crippen LogP contribution in [-0.2, 0) is 22.5 Å². The number of ether oxygens (including phenoxy) is 1. The fraction of sp³-hybridized carbons (Fsp3) is 0.500. The van der Waals surface area contributed by atoms with E-state index in [-0.39, 0.29) is 12.0 Å². The lowest BCUT2D eigenvalue weighted by Gasteiger charge is -2.05. The number of aromatic nitrogens is 2. The molecule has 0 saturated heterocycles. The van der Waals surface area contributed by atoms with Gasteiger partial charge in [-0.2, -0.15) is 5.10 Å². The number of aryl methyl sites for hydroxylation is 1. The Bertz CT molecular complexity index is 417. The summed E-state index contributed by atoms with van der Waals surface area (Å²) in [6, 6.07) is 3.03. The highest BCUT2D eigenvalue weighted by atomic mass is 35.5. The lowest BCUT2D eigenvalue weighted by atomic mass is 10.2. The third-order valence-electron chi connectivity index (χ3n) is 2.01. The second kappa shape index (κ2) is 6.40. The number of methoxy groups -OCH3 is 1. The zero-order valence-electron chi connectivity index (χ0n) is 8.98. The second-order valence-corrected chi connectivity index (χ2v) is 3.66. The summed E-state index contributed by atoms with van der Waals surface area (Å²) < 4.78 is 6.18. The van der Waals surface area contributed by atoms with Crippen LogP contribution in [0.2, 0.25) is 0 Å². The summed E-state index contributed by atoms with van der Waals surface area (Å²) in [4.78, 5) is 22.0. The van der Waals surface area contributed by atoms with E-state index >= 15 is 0 Å². The Kier molecular flexibility index (Phi) is 5.14. The fourth-order valence-corrected chi connectivity index (χ4v) is 1.28. The predicted molar refractivity (Wildman–Crippen MR) is 59.6 cm³/mol. The van der Waals surface area contributed by atoms with E-state index in [0.29, 0.717) is 25.3 Å². The smallest absolute Gasteiger partial charge is 0.266 e. The third kappa shape index (κ3) is 4.12. The number of hydrogen-bond donors (Lipinski definition) is 0. The highest BCUT2D eigenvalue weighted by Crippen LogP contribution is 1.99. The van der Waals surface area contributed by atoms with Crippen molar-refractivity contribution in [3.05, 3.63) is 28.2 Å². The Morgan fingerprint density at radius 1 is 1.56 bits per heavy atom. The molecule has 0 aliphatic heterocycles. The Morgan fingerprint density at radius 2 is 2.31 bits per heavy atom. The number of carbonyl (C=O) groups is 1. The SMILES string of the molecule is COCCn1nc(CCC(=O)Cl)ccc1=O. The Labute approximate surface area is 98.0 Å². The normalized spacial score (nSPS) is 10.4. The minimum atomic E-state index is -0.406. The lowest BCUT2D eigenvalue weighted by molar-refractivity contribution is -0.111. The van der Waals surface area contributed by atoms with Gasteiger partial charge >= 0.3 is 0 Å². The van der Waals surface area contributed by atoms with Crippen molar-refractivity contribution in [1.29, 1.82) is 0 Å². The van der Waals surface area contributed by atoms with Crippen molar-refractivity contribution in [3.8, 4) is 0 Å². The summed E-state index contributed by atoms with van der Waals surface area (Å²) in [5.41, 5.74) is 0.489. The van der Waals surface area contributed by atoms with Crippen molar-refractivity contribution in [2.24, 2.45) is 0 Å². The van der Waals surface area contributed by atoms with Gasteiger partial charge in [0.05, 0.1) is 18.8 Å². The largest absolute Gasteiger partial charge is 0.383 e. The number of halogens is 1. The first kappa shape index (κ1) is 12.9. The summed E-state index contributed by atoms with van der Waals surface area (Å²) in [5, 5.41) is 3.69. The van der Waals surface area contributed by atoms with Crippen LogP contribution < -0.4 is 5.56 Å². The fourth-order valence-electron chi connectivity index (χ4n) is 1.19. The maximum absolute atomic E-state index is 11.4. The molecular formula is C10H13ClN2O3. The first-order valence-corrected chi connectivity index (χ1v) is 5.25. The van der Waals surface area contributed by atoms with Gasteiger partial charge in [0.2, 0.25) is 5.24 Å². The molecule has 1 rings (SSSR count). The Balaban J connectivity index is 2.72. The van der Waals surface area contributed by atoms with Crippen LogP contribution >= 0.6 is 11.6 Å². The molecule has 0 fully saturated rings. The average molecular weight is 245 g/mol. The topological polar surface area (TPSA) is 61.2 Å². The third-order valence-corrected chi connectivity index (χ3v) is 2.20. The molecule has 5 nitrogen and oxygen atoms in total. The minimum Gasteiger partial charge on any atom is -0.383 e. The molecular weight excluding hydrogens is 232 g/mol. The van der Waals surface area contributed by atoms with Gasteiger partial charge in [-0.15, -0.1) is 0 Å². The molecule has 0 saturated carbocycles. The molecule has 0 N–H and O–H groups in total. The van der Waals surface area contributed by atoms with E-state index in [1.54, 1.807) is 13.2 Å². The van der Waals surface area contributed by atoms with Gasteiger partial charge in [0.25, 0.3) is 5.56 Å². The lowest BCUT2D eigenvalue weighted by Crippen LogP contribution is -2.25. The van der Waals surface area contributed by atoms with Crippen LogP contribution in [0.4, 0.5) is 0 Å². The maximum Gasteiger partial charge on any atom is 0.266 e. The van der Waals surface area contributed by atoms with E-state index in [1.807, 2.05) is 0 Å². The summed E-state index contributed by atoms with van der Waals surface area (Å²) in [6.07, 6.45) is 0.659. The van der Waals surface area contributed by atoms with Crippen LogP contribution in [0.5, 0.6) is 0 Å². The summed E-state index contributed by atoms with van der Waals surface area (Å²) in [5.74, 6) is 0. The van der Waals surface area contributed by atoms with Gasteiger partial charge in [0, 0.05) is 19.6 Å². The van der Waals surface area contributed by atoms with E-state index in [2.05, 4.69) is 5.10 Å². The molecule has 1 aromatic rings. The van der Waals surface area contributed by atoms with Gasteiger partial charge in [0.15, 0.2) is 0 Å². The van der Waals surface area contributed by atoms with Gasteiger partial charge in [0.1, 0.15) is 0 Å². The van der Waals surface area contributed by atoms with Crippen molar-refractivity contribution >= 4 is 16.8 Å². The van der Waals surface area contributed by atoms with Gasteiger partial charge in [-0.3, -0.25) is 9.59 Å². The Morgan fingerprint density at radius 3 is 2.94 bits per heavy atom. The molecule has 0 amide bonds. The van der Waals surface area contributed by atoms with E-state index in [1.165, 1.54) is 10.7 Å². The highest BCUT2D eigenvalue weighted by molar-refractivity contribution is 6.63. The standard InChI is InChI=1S/C10H13ClN2O3/c1-16-7-6-13-10(15)5-3-8(12-13)2-4-9(11)14/h3,5H,2,4,6-7H2,1H3. The molecule has 0 bridgehead atoms. The number of hydrogen-bond acceptors (Lipinski definition) is 4. The number of carbonyl (C=O) groups excluding carboxylic acids is 1. The molecule has 0 aliphatic carbocycles. The maximum atomic E-state index is 11.4. The van der Waals surface area contributed by atoms with Crippen LogP contribution in [0.1, 0.15) is 12.1 Å². The minimum absolute atomic E-state index is 0.182. The molecule has 0 aliphatic rings. The highest BCUT2D eigenvalue weighted by Gasteiger charge is 2.03. The van der Waals surface area contributed by atoms with Crippen molar-refractivity contribution in [2.45, 2.75) is 19.4 Å². The first-order chi connectivity index (χ1) is 7.63. The zero-order chi connectivity index (χ0) is 12.0. The van der Waals surface area contributed by atoms with Crippen molar-refractivity contribution in [2.75, 3.05) is 13.7 Å². The zero-order valence-corrected chi connectivity index (χ0v) is 9.74. The van der Waals surface area contributed by atoms with E-state index in [4.69, 9.17) is 16.3 Å². The second-order valence-electron chi connectivity index (χ2n) is 3.23. The molecule has 1 aromatic heterocycles. The van der Waals surface area contributed by atoms with Gasteiger partial charge in [-0.1, -0.05) is 0 Å². The van der Waals surface area contributed by atoms with Crippen LogP contribution in [-0.4, -0.2) is 28.7 Å². The van der Waals surface area contributed by atoms with Crippen LogP contribution in [0.25, 0.3) is 0 Å². The van der Waals surface area contributed by atoms with E-state index in [9.17, 15) is 9.59 Å². The molecule has 88 valence electrons. The van der Waals surface area contributed by atoms with Gasteiger partial charge < -0.3 is 4.74 Å². The Hall–Kier alpha value is -1.20. The molecule has 0 radical (unpaired) electrons. The van der Waals surface area contributed by atoms with Crippen LogP contribution in [0.3, 0.4) is 0 Å². The van der Waals surface area contributed by atoms with Gasteiger partial charge in [-0.25, -0.2) is 4.68 Å². The molecule has 0 spiro atoms. The summed E-state index contributed by atoms with van der Waals surface area (Å²) >= 11 is 5.23. The number of nitrogens with zero attached hydrogens (tertiary/aromatic N) is 2. The molecule has 1 heterocycles. The van der Waals surface area contributed by atoms with Crippen LogP contribution in [0, 0.1) is 0 Å². The average Bonchev–Trinajstić information content (AvgIpc) is 2.26. The van der Waals surface area contributed by atoms with Crippen molar-refractivity contribution in [3.63, 3.8) is 0 Å². The van der Waals surface area contributed by atoms with E-state index in [0.717, 1.165) is 0 Å². The quantitative estimate of drug-likeness (QED) is 0.687. The van der Waals surface area contributed by atoms with Crippen molar-refractivity contribution in [1.82, 2.24) is 9.78 Å². The molecule has 0 aromatic carbocycles. The van der Waals surface area contributed by atoms with Crippen LogP contribution in [0.15, 0.2) is 16.9 Å². The molecule has 6 heteroatoms. The summed E-state index contributed by atoms with van der Waals surface area (Å²) in [7, 11) is 1.56. The van der Waals surface area contributed by atoms with Gasteiger partial charge in [-0.05, 0) is 24.1 Å². The predicted octanol–water partition coefficient (Wildman–Crippen LogP) is 0.588. The monoisotopic (exact) mass is 244 g/mol. The molecule has 0 atom stereocenters. The molecule has 0 unspecified atom stereocenters. The first-order valence-electron chi connectivity index (χ1n) is 4.88. The van der Waals surface area contributed by atoms with Crippen molar-refractivity contribution < 1.29 is 9.53 Å².